The molecule has 0 bridgehead atoms. The van der Waals surface area contributed by atoms with Crippen molar-refractivity contribution in [3.05, 3.63) is 52.8 Å². The highest BCUT2D eigenvalue weighted by Gasteiger charge is 2.18. The van der Waals surface area contributed by atoms with E-state index in [0.717, 1.165) is 11.3 Å². The minimum absolute atomic E-state index is 0.476. The lowest BCUT2D eigenvalue weighted by Crippen LogP contribution is -2.07. The summed E-state index contributed by atoms with van der Waals surface area (Å²) >= 11 is 0. The Kier molecular flexibility index (Phi) is 4.11. The first-order chi connectivity index (χ1) is 10.1. The summed E-state index contributed by atoms with van der Waals surface area (Å²) in [5, 5.41) is 15.1. The van der Waals surface area contributed by atoms with Gasteiger partial charge in [0.25, 0.3) is 0 Å². The number of nitrogens with zero attached hydrogens (tertiary/aromatic N) is 2. The number of hydrogen-bond donors (Lipinski definition) is 1. The van der Waals surface area contributed by atoms with Crippen molar-refractivity contribution in [2.24, 2.45) is 0 Å². The molecule has 0 spiro atoms. The fourth-order valence-corrected chi connectivity index (χ4v) is 3.15. The number of aromatic nitrogens is 2. The number of hydrogen-bond acceptors (Lipinski definition) is 2. The number of aliphatic hydroxyl groups is 1. The Balaban J connectivity index is 1.69. The topological polar surface area (TPSA) is 38.0 Å². The van der Waals surface area contributed by atoms with E-state index in [4.69, 9.17) is 0 Å². The Morgan fingerprint density at radius 3 is 2.67 bits per heavy atom. The van der Waals surface area contributed by atoms with Crippen LogP contribution >= 0.6 is 0 Å². The summed E-state index contributed by atoms with van der Waals surface area (Å²) in [6, 6.07) is 8.78. The molecule has 1 aliphatic rings. The molecule has 3 rings (SSSR count). The fourth-order valence-electron chi connectivity index (χ4n) is 3.15. The van der Waals surface area contributed by atoms with Gasteiger partial charge in [0.1, 0.15) is 0 Å². The second-order valence-electron chi connectivity index (χ2n) is 6.29. The van der Waals surface area contributed by atoms with E-state index in [0.29, 0.717) is 12.5 Å². The SMILES string of the molecule is Cc1ccc(C(O)Cc2ccn(C3CCCC3)n2)cc1C. The lowest BCUT2D eigenvalue weighted by molar-refractivity contribution is 0.176. The van der Waals surface area contributed by atoms with Gasteiger partial charge < -0.3 is 5.11 Å². The first-order valence-electron chi connectivity index (χ1n) is 7.93. The van der Waals surface area contributed by atoms with Crippen molar-refractivity contribution in [1.82, 2.24) is 9.78 Å². The van der Waals surface area contributed by atoms with Crippen LogP contribution in [0.15, 0.2) is 30.5 Å². The monoisotopic (exact) mass is 284 g/mol. The van der Waals surface area contributed by atoms with Crippen LogP contribution in [0.1, 0.15) is 60.2 Å². The predicted molar refractivity (Wildman–Crippen MR) is 84.3 cm³/mol. The molecule has 0 radical (unpaired) electrons. The van der Waals surface area contributed by atoms with Crippen LogP contribution in [0, 0.1) is 13.8 Å². The Morgan fingerprint density at radius 2 is 1.95 bits per heavy atom. The van der Waals surface area contributed by atoms with Gasteiger partial charge in [-0.15, -0.1) is 0 Å². The molecule has 0 aliphatic heterocycles. The molecule has 3 heteroatoms. The lowest BCUT2D eigenvalue weighted by atomic mass is 10.0. The zero-order valence-electron chi connectivity index (χ0n) is 12.9. The van der Waals surface area contributed by atoms with Crippen LogP contribution < -0.4 is 0 Å². The quantitative estimate of drug-likeness (QED) is 0.925. The maximum Gasteiger partial charge on any atom is 0.0846 e. The molecule has 1 atom stereocenters. The predicted octanol–water partition coefficient (Wildman–Crippen LogP) is 3.89. The molecule has 1 aliphatic carbocycles. The van der Waals surface area contributed by atoms with Gasteiger partial charge in [-0.05, 0) is 49.4 Å². The average Bonchev–Trinajstić information content (AvgIpc) is 3.12. The van der Waals surface area contributed by atoms with Gasteiger partial charge in [-0.1, -0.05) is 31.0 Å². The van der Waals surface area contributed by atoms with Crippen molar-refractivity contribution < 1.29 is 5.11 Å². The second-order valence-corrected chi connectivity index (χ2v) is 6.29. The van der Waals surface area contributed by atoms with Crippen LogP contribution in [0.25, 0.3) is 0 Å². The van der Waals surface area contributed by atoms with Crippen LogP contribution in [0.4, 0.5) is 0 Å². The number of benzene rings is 1. The molecule has 1 heterocycles. The minimum Gasteiger partial charge on any atom is -0.388 e. The van der Waals surface area contributed by atoms with Crippen molar-refractivity contribution in [3.8, 4) is 0 Å². The van der Waals surface area contributed by atoms with E-state index in [1.54, 1.807) is 0 Å². The molecule has 1 aromatic carbocycles. The van der Waals surface area contributed by atoms with Gasteiger partial charge in [0.15, 0.2) is 0 Å². The van der Waals surface area contributed by atoms with E-state index >= 15 is 0 Å². The second kappa shape index (κ2) is 6.02. The molecule has 1 saturated carbocycles. The number of aliphatic hydroxyl groups excluding tert-OH is 1. The van der Waals surface area contributed by atoms with E-state index in [1.807, 2.05) is 12.1 Å². The molecule has 0 saturated heterocycles. The molecular formula is C18H24N2O. The third-order valence-corrected chi connectivity index (χ3v) is 4.68. The van der Waals surface area contributed by atoms with Gasteiger partial charge in [0.05, 0.1) is 17.8 Å². The molecule has 0 amide bonds. The largest absolute Gasteiger partial charge is 0.388 e. The van der Waals surface area contributed by atoms with Crippen LogP contribution in [-0.2, 0) is 6.42 Å². The summed E-state index contributed by atoms with van der Waals surface area (Å²) in [5.41, 5.74) is 4.45. The third kappa shape index (κ3) is 3.18. The first-order valence-corrected chi connectivity index (χ1v) is 7.93. The van der Waals surface area contributed by atoms with E-state index < -0.39 is 6.10 Å². The molecule has 1 N–H and O–H groups in total. The van der Waals surface area contributed by atoms with Crippen molar-refractivity contribution in [1.29, 1.82) is 0 Å². The van der Waals surface area contributed by atoms with Crippen molar-refractivity contribution >= 4 is 0 Å². The van der Waals surface area contributed by atoms with Crippen LogP contribution in [0.3, 0.4) is 0 Å². The van der Waals surface area contributed by atoms with E-state index in [-0.39, 0.29) is 0 Å². The summed E-state index contributed by atoms with van der Waals surface area (Å²) in [7, 11) is 0. The lowest BCUT2D eigenvalue weighted by Gasteiger charge is -2.12. The van der Waals surface area contributed by atoms with Gasteiger partial charge >= 0.3 is 0 Å². The molecule has 1 fully saturated rings. The number of rotatable bonds is 4. The third-order valence-electron chi connectivity index (χ3n) is 4.68. The number of aryl methyl sites for hydroxylation is 2. The maximum absolute atomic E-state index is 10.4. The summed E-state index contributed by atoms with van der Waals surface area (Å²) < 4.78 is 2.09. The zero-order chi connectivity index (χ0) is 14.8. The summed E-state index contributed by atoms with van der Waals surface area (Å²) in [6.07, 6.45) is 7.27. The summed E-state index contributed by atoms with van der Waals surface area (Å²) in [4.78, 5) is 0. The highest BCUT2D eigenvalue weighted by molar-refractivity contribution is 5.31. The van der Waals surface area contributed by atoms with Crippen molar-refractivity contribution in [2.75, 3.05) is 0 Å². The first kappa shape index (κ1) is 14.3. The standard InChI is InChI=1S/C18H24N2O/c1-13-7-8-15(11-14(13)2)18(21)12-16-9-10-20(19-16)17-5-3-4-6-17/h7-11,17-18,21H,3-6,12H2,1-2H3. The Bertz CT molecular complexity index is 611. The molecule has 1 unspecified atom stereocenters. The normalized spacial score (nSPS) is 17.3. The summed E-state index contributed by atoms with van der Waals surface area (Å²) in [6.45, 7) is 4.18. The van der Waals surface area contributed by atoms with Gasteiger partial charge in [-0.3, -0.25) is 4.68 Å². The molecule has 112 valence electrons. The zero-order valence-corrected chi connectivity index (χ0v) is 12.9. The molecular weight excluding hydrogens is 260 g/mol. The molecule has 1 aromatic heterocycles. The van der Waals surface area contributed by atoms with Crippen LogP contribution in [0.2, 0.25) is 0 Å². The minimum atomic E-state index is -0.476. The van der Waals surface area contributed by atoms with Crippen LogP contribution in [0.5, 0.6) is 0 Å². The Morgan fingerprint density at radius 1 is 1.19 bits per heavy atom. The van der Waals surface area contributed by atoms with Gasteiger partial charge in [-0.2, -0.15) is 5.10 Å². The van der Waals surface area contributed by atoms with Crippen LogP contribution in [-0.4, -0.2) is 14.9 Å². The fraction of sp³-hybridized carbons (Fsp3) is 0.500. The van der Waals surface area contributed by atoms with E-state index in [2.05, 4.69) is 42.0 Å². The maximum atomic E-state index is 10.4. The van der Waals surface area contributed by atoms with Crippen molar-refractivity contribution in [3.63, 3.8) is 0 Å². The molecule has 2 aromatic rings. The van der Waals surface area contributed by atoms with E-state index in [9.17, 15) is 5.11 Å². The summed E-state index contributed by atoms with van der Waals surface area (Å²) in [5.74, 6) is 0. The Labute approximate surface area is 126 Å². The smallest absolute Gasteiger partial charge is 0.0846 e. The van der Waals surface area contributed by atoms with Gasteiger partial charge in [-0.25, -0.2) is 0 Å². The highest BCUT2D eigenvalue weighted by Crippen LogP contribution is 2.29. The van der Waals surface area contributed by atoms with Gasteiger partial charge in [0, 0.05) is 12.6 Å². The molecule has 3 nitrogen and oxygen atoms in total. The van der Waals surface area contributed by atoms with E-state index in [1.165, 1.54) is 36.8 Å². The van der Waals surface area contributed by atoms with Gasteiger partial charge in [0.2, 0.25) is 0 Å². The average molecular weight is 284 g/mol. The Hall–Kier alpha value is -1.61. The van der Waals surface area contributed by atoms with Crippen molar-refractivity contribution in [2.45, 2.75) is 58.1 Å². The highest BCUT2D eigenvalue weighted by atomic mass is 16.3. The molecule has 21 heavy (non-hydrogen) atoms.